The van der Waals surface area contributed by atoms with E-state index in [1.54, 1.807) is 11.3 Å². The molecule has 0 bridgehead atoms. The molecule has 3 N–H and O–H groups in total. The number of aryl methyl sites for hydroxylation is 1. The number of nitrogens with one attached hydrogen (secondary N) is 1. The van der Waals surface area contributed by atoms with Crippen LogP contribution >= 0.6 is 22.9 Å². The van der Waals surface area contributed by atoms with Crippen molar-refractivity contribution in [3.05, 3.63) is 16.0 Å². The highest BCUT2D eigenvalue weighted by atomic mass is 35.5. The highest BCUT2D eigenvalue weighted by Gasteiger charge is 2.30. The number of rotatable bonds is 1. The number of aliphatic imine (C=N–C) groups is 1. The molecular weight excluding hydrogens is 290 g/mol. The predicted octanol–water partition coefficient (Wildman–Crippen LogP) is 3.66. The Kier molecular flexibility index (Phi) is 4.07. The Labute approximate surface area is 129 Å². The molecule has 1 saturated carbocycles. The number of thiophene rings is 1. The van der Waals surface area contributed by atoms with Gasteiger partial charge < -0.3 is 11.1 Å². The van der Waals surface area contributed by atoms with Crippen molar-refractivity contribution in [3.63, 3.8) is 0 Å². The monoisotopic (exact) mass is 311 g/mol. The molecule has 0 radical (unpaired) electrons. The van der Waals surface area contributed by atoms with E-state index in [1.807, 2.05) is 0 Å². The molecule has 1 aliphatic carbocycles. The lowest BCUT2D eigenvalue weighted by Gasteiger charge is -2.26. The molecule has 20 heavy (non-hydrogen) atoms. The van der Waals surface area contributed by atoms with Crippen molar-refractivity contribution in [2.45, 2.75) is 51.1 Å². The molecule has 1 atom stereocenters. The van der Waals surface area contributed by atoms with E-state index >= 15 is 0 Å². The molecule has 2 aliphatic rings. The Balaban J connectivity index is 1.98. The fraction of sp³-hybridized carbons (Fsp3) is 0.667. The van der Waals surface area contributed by atoms with Crippen LogP contribution in [0.15, 0.2) is 4.99 Å². The maximum absolute atomic E-state index is 6.24. The minimum atomic E-state index is -0.0759. The molecule has 1 unspecified atom stereocenters. The van der Waals surface area contributed by atoms with E-state index in [0.29, 0.717) is 17.8 Å². The average molecular weight is 312 g/mol. The Bertz CT molecular complexity index is 529. The van der Waals surface area contributed by atoms with Crippen molar-refractivity contribution in [1.82, 2.24) is 0 Å². The van der Waals surface area contributed by atoms with Gasteiger partial charge >= 0.3 is 0 Å². The number of nitrogens with two attached hydrogens (primary N) is 1. The fourth-order valence-corrected chi connectivity index (χ4v) is 4.57. The second-order valence-electron chi connectivity index (χ2n) is 5.91. The van der Waals surface area contributed by atoms with Crippen molar-refractivity contribution < 1.29 is 0 Å². The van der Waals surface area contributed by atoms with E-state index in [0.717, 1.165) is 25.7 Å². The molecule has 110 valence electrons. The number of alkyl halides is 1. The molecule has 0 saturated heterocycles. The first-order valence-electron chi connectivity index (χ1n) is 7.37. The summed E-state index contributed by atoms with van der Waals surface area (Å²) in [6.07, 6.45) is 4.42. The second kappa shape index (κ2) is 5.66. The molecule has 0 amide bonds. The summed E-state index contributed by atoms with van der Waals surface area (Å²) in [7, 11) is 0. The Morgan fingerprint density at radius 3 is 2.65 bits per heavy atom. The molecule has 1 aromatic heterocycles. The van der Waals surface area contributed by atoms with Crippen LogP contribution in [0.4, 0.5) is 5.00 Å². The summed E-state index contributed by atoms with van der Waals surface area (Å²) >= 11 is 8.05. The van der Waals surface area contributed by atoms with Crippen molar-refractivity contribution >= 4 is 33.7 Å². The van der Waals surface area contributed by atoms with Gasteiger partial charge in [-0.05, 0) is 45.1 Å². The zero-order valence-electron chi connectivity index (χ0n) is 12.1. The summed E-state index contributed by atoms with van der Waals surface area (Å²) in [4.78, 5) is 6.22. The number of anilines is 1. The molecule has 0 aromatic carbocycles. The van der Waals surface area contributed by atoms with Gasteiger partial charge in [0.25, 0.3) is 0 Å². The SMILES string of the molecule is Cc1sc2c(c1C)C(C1CCC(Cl)CC1)=NCC(N)N2. The minimum Gasteiger partial charge on any atom is -0.360 e. The summed E-state index contributed by atoms with van der Waals surface area (Å²) < 4.78 is 0. The van der Waals surface area contributed by atoms with Crippen LogP contribution < -0.4 is 11.1 Å². The number of hydrogen-bond donors (Lipinski definition) is 2. The zero-order chi connectivity index (χ0) is 14.3. The molecule has 1 fully saturated rings. The number of nitrogens with zero attached hydrogens (tertiary/aromatic N) is 1. The van der Waals surface area contributed by atoms with Crippen molar-refractivity contribution in [3.8, 4) is 0 Å². The Morgan fingerprint density at radius 2 is 1.95 bits per heavy atom. The van der Waals surface area contributed by atoms with Gasteiger partial charge in [0.15, 0.2) is 0 Å². The maximum atomic E-state index is 6.24. The molecule has 2 heterocycles. The average Bonchev–Trinajstić information content (AvgIpc) is 2.59. The van der Waals surface area contributed by atoms with E-state index in [9.17, 15) is 0 Å². The lowest BCUT2D eigenvalue weighted by molar-refractivity contribution is 0.444. The van der Waals surface area contributed by atoms with Crippen LogP contribution in [0.25, 0.3) is 0 Å². The fourth-order valence-electron chi connectivity index (χ4n) is 3.19. The first-order valence-corrected chi connectivity index (χ1v) is 8.62. The third-order valence-corrected chi connectivity index (χ3v) is 6.03. The first-order chi connectivity index (χ1) is 9.56. The Morgan fingerprint density at radius 1 is 1.25 bits per heavy atom. The number of halogens is 1. The van der Waals surface area contributed by atoms with Crippen LogP contribution in [0.2, 0.25) is 0 Å². The minimum absolute atomic E-state index is 0.0759. The van der Waals surface area contributed by atoms with Crippen LogP contribution in [0.1, 0.15) is 41.7 Å². The molecule has 1 aliphatic heterocycles. The van der Waals surface area contributed by atoms with E-state index in [2.05, 4.69) is 19.2 Å². The van der Waals surface area contributed by atoms with Crippen molar-refractivity contribution in [2.24, 2.45) is 16.6 Å². The summed E-state index contributed by atoms with van der Waals surface area (Å²) in [5, 5.41) is 4.97. The molecule has 3 rings (SSSR count). The largest absolute Gasteiger partial charge is 0.360 e. The van der Waals surface area contributed by atoms with E-state index in [-0.39, 0.29) is 6.17 Å². The molecule has 1 aromatic rings. The van der Waals surface area contributed by atoms with Gasteiger partial charge in [0.05, 0.1) is 17.7 Å². The summed E-state index contributed by atoms with van der Waals surface area (Å²) in [6.45, 7) is 5.04. The smallest absolute Gasteiger partial charge is 0.0992 e. The second-order valence-corrected chi connectivity index (χ2v) is 7.75. The third-order valence-electron chi connectivity index (χ3n) is 4.46. The van der Waals surface area contributed by atoms with Crippen LogP contribution in [0.5, 0.6) is 0 Å². The third kappa shape index (κ3) is 2.61. The number of hydrogen-bond acceptors (Lipinski definition) is 4. The molecular formula is C15H22ClN3S. The van der Waals surface area contributed by atoms with Crippen molar-refractivity contribution in [2.75, 3.05) is 11.9 Å². The maximum Gasteiger partial charge on any atom is 0.0992 e. The normalized spacial score (nSPS) is 30.2. The summed E-state index contributed by atoms with van der Waals surface area (Å²) in [5.41, 5.74) is 10.0. The molecule has 0 spiro atoms. The zero-order valence-corrected chi connectivity index (χ0v) is 13.7. The topological polar surface area (TPSA) is 50.4 Å². The van der Waals surface area contributed by atoms with Gasteiger partial charge in [0.1, 0.15) is 0 Å². The summed E-state index contributed by atoms with van der Waals surface area (Å²) in [5.74, 6) is 0.545. The lowest BCUT2D eigenvalue weighted by Crippen LogP contribution is -2.31. The van der Waals surface area contributed by atoms with Crippen molar-refractivity contribution in [1.29, 1.82) is 0 Å². The highest BCUT2D eigenvalue weighted by molar-refractivity contribution is 7.16. The quantitative estimate of drug-likeness (QED) is 0.778. The van der Waals surface area contributed by atoms with Gasteiger partial charge in [0.2, 0.25) is 0 Å². The van der Waals surface area contributed by atoms with E-state index in [1.165, 1.54) is 26.7 Å². The van der Waals surface area contributed by atoms with Crippen LogP contribution in [0.3, 0.4) is 0 Å². The lowest BCUT2D eigenvalue weighted by atomic mass is 9.82. The van der Waals surface area contributed by atoms with Gasteiger partial charge in [-0.25, -0.2) is 0 Å². The Hall–Kier alpha value is -0.580. The molecule has 3 nitrogen and oxygen atoms in total. The van der Waals surface area contributed by atoms with Crippen LogP contribution in [-0.4, -0.2) is 23.8 Å². The van der Waals surface area contributed by atoms with Gasteiger partial charge in [-0.15, -0.1) is 22.9 Å². The van der Waals surface area contributed by atoms with Gasteiger partial charge in [-0.1, -0.05) is 0 Å². The van der Waals surface area contributed by atoms with Crippen LogP contribution in [0, 0.1) is 19.8 Å². The number of fused-ring (bicyclic) bond motifs is 1. The van der Waals surface area contributed by atoms with E-state index in [4.69, 9.17) is 22.3 Å². The van der Waals surface area contributed by atoms with Gasteiger partial charge in [0, 0.05) is 27.4 Å². The highest BCUT2D eigenvalue weighted by Crippen LogP contribution is 2.39. The summed E-state index contributed by atoms with van der Waals surface area (Å²) in [6, 6.07) is 0. The molecule has 5 heteroatoms. The standard InChI is InChI=1S/C15H22ClN3S/c1-8-9(2)20-15-13(8)14(18-7-12(17)19-15)10-3-5-11(16)6-4-10/h10-12,19H,3-7,17H2,1-2H3. The van der Waals surface area contributed by atoms with Gasteiger partial charge in [-0.2, -0.15) is 0 Å². The predicted molar refractivity (Wildman–Crippen MR) is 88.4 cm³/mol. The van der Waals surface area contributed by atoms with Gasteiger partial charge in [-0.3, -0.25) is 4.99 Å². The first kappa shape index (κ1) is 14.4. The van der Waals surface area contributed by atoms with Crippen LogP contribution in [-0.2, 0) is 0 Å². The van der Waals surface area contributed by atoms with E-state index < -0.39 is 0 Å².